The van der Waals surface area contributed by atoms with Crippen LogP contribution < -0.4 is 0 Å². The van der Waals surface area contributed by atoms with Crippen LogP contribution in [0.5, 0.6) is 0 Å². The molecular weight excluding hydrogens is 188 g/mol. The van der Waals surface area contributed by atoms with Crippen LogP contribution in [0, 0.1) is 0 Å². The fourth-order valence-electron chi connectivity index (χ4n) is 1.31. The highest BCUT2D eigenvalue weighted by molar-refractivity contribution is 7.98. The number of benzene rings is 1. The Morgan fingerprint density at radius 2 is 1.79 bits per heavy atom. The summed E-state index contributed by atoms with van der Waals surface area (Å²) in [6.45, 7) is 12.0. The highest BCUT2D eigenvalue weighted by atomic mass is 32.2. The maximum absolute atomic E-state index is 3.97. The van der Waals surface area contributed by atoms with Crippen molar-refractivity contribution in [2.24, 2.45) is 0 Å². The Morgan fingerprint density at radius 1 is 1.14 bits per heavy atom. The molecule has 0 aliphatic heterocycles. The molecule has 1 heteroatoms. The minimum atomic E-state index is 1.11. The van der Waals surface area contributed by atoms with Gasteiger partial charge < -0.3 is 0 Å². The standard InChI is InChI=1S/C13H16S/c1-9(2)11-6-7-12(10(3)4)13(8-11)14-5/h6-8H,1,3H2,2,4-5H3. The summed E-state index contributed by atoms with van der Waals surface area (Å²) in [5.74, 6) is 0. The third-order valence-corrected chi connectivity index (χ3v) is 2.93. The van der Waals surface area contributed by atoms with Crippen molar-refractivity contribution in [1.29, 1.82) is 0 Å². The number of hydrogen-bond acceptors (Lipinski definition) is 1. The zero-order chi connectivity index (χ0) is 10.7. The lowest BCUT2D eigenvalue weighted by atomic mass is 10.0. The summed E-state index contributed by atoms with van der Waals surface area (Å²) in [5, 5.41) is 0. The van der Waals surface area contributed by atoms with E-state index in [0.29, 0.717) is 0 Å². The van der Waals surface area contributed by atoms with Crippen LogP contribution >= 0.6 is 11.8 Å². The van der Waals surface area contributed by atoms with Crippen LogP contribution in [0.25, 0.3) is 11.1 Å². The molecule has 0 fully saturated rings. The van der Waals surface area contributed by atoms with Crippen molar-refractivity contribution in [3.8, 4) is 0 Å². The van der Waals surface area contributed by atoms with E-state index in [1.165, 1.54) is 16.0 Å². The van der Waals surface area contributed by atoms with Crippen LogP contribution in [-0.2, 0) is 0 Å². The summed E-state index contributed by atoms with van der Waals surface area (Å²) >= 11 is 1.75. The Morgan fingerprint density at radius 3 is 2.21 bits per heavy atom. The number of rotatable bonds is 3. The summed E-state index contributed by atoms with van der Waals surface area (Å²) in [7, 11) is 0. The van der Waals surface area contributed by atoms with Gasteiger partial charge in [-0.15, -0.1) is 11.8 Å². The molecule has 0 atom stereocenters. The van der Waals surface area contributed by atoms with Gasteiger partial charge in [0, 0.05) is 4.90 Å². The molecule has 0 aliphatic carbocycles. The molecule has 1 aromatic carbocycles. The average molecular weight is 204 g/mol. The number of allylic oxidation sites excluding steroid dienone is 2. The molecule has 0 heterocycles. The van der Waals surface area contributed by atoms with Crippen LogP contribution in [0.15, 0.2) is 36.3 Å². The van der Waals surface area contributed by atoms with Gasteiger partial charge in [-0.25, -0.2) is 0 Å². The molecule has 0 saturated heterocycles. The zero-order valence-corrected chi connectivity index (χ0v) is 9.87. The van der Waals surface area contributed by atoms with Gasteiger partial charge in [-0.2, -0.15) is 0 Å². The van der Waals surface area contributed by atoms with Gasteiger partial charge in [-0.05, 0) is 42.9 Å². The van der Waals surface area contributed by atoms with Crippen molar-refractivity contribution in [3.63, 3.8) is 0 Å². The molecule has 14 heavy (non-hydrogen) atoms. The summed E-state index contributed by atoms with van der Waals surface area (Å²) < 4.78 is 0. The molecular formula is C13H16S. The van der Waals surface area contributed by atoms with E-state index in [1.807, 2.05) is 13.8 Å². The lowest BCUT2D eigenvalue weighted by molar-refractivity contribution is 1.36. The topological polar surface area (TPSA) is 0 Å². The molecule has 0 unspecified atom stereocenters. The predicted molar refractivity (Wildman–Crippen MR) is 67.6 cm³/mol. The van der Waals surface area contributed by atoms with Gasteiger partial charge >= 0.3 is 0 Å². The second kappa shape index (κ2) is 4.52. The Hall–Kier alpha value is -0.950. The van der Waals surface area contributed by atoms with Crippen molar-refractivity contribution >= 4 is 22.9 Å². The van der Waals surface area contributed by atoms with E-state index >= 15 is 0 Å². The first kappa shape index (κ1) is 11.1. The first-order valence-corrected chi connectivity index (χ1v) is 5.78. The maximum atomic E-state index is 3.97. The van der Waals surface area contributed by atoms with Crippen LogP contribution in [0.2, 0.25) is 0 Å². The molecule has 0 aromatic heterocycles. The van der Waals surface area contributed by atoms with Gasteiger partial charge in [-0.3, -0.25) is 0 Å². The second-order valence-corrected chi connectivity index (χ2v) is 4.32. The predicted octanol–water partition coefficient (Wildman–Crippen LogP) is 4.47. The Kier molecular flexibility index (Phi) is 3.59. The van der Waals surface area contributed by atoms with Crippen LogP contribution in [0.3, 0.4) is 0 Å². The van der Waals surface area contributed by atoms with Crippen molar-refractivity contribution in [2.75, 3.05) is 6.26 Å². The van der Waals surface area contributed by atoms with Crippen molar-refractivity contribution in [1.82, 2.24) is 0 Å². The first-order valence-electron chi connectivity index (χ1n) is 4.56. The monoisotopic (exact) mass is 204 g/mol. The Bertz CT molecular complexity index is 375. The van der Waals surface area contributed by atoms with E-state index in [2.05, 4.69) is 37.6 Å². The van der Waals surface area contributed by atoms with Crippen molar-refractivity contribution in [2.45, 2.75) is 18.7 Å². The second-order valence-electron chi connectivity index (χ2n) is 3.48. The largest absolute Gasteiger partial charge is 0.129 e. The van der Waals surface area contributed by atoms with E-state index in [0.717, 1.165) is 11.1 Å². The fourth-order valence-corrected chi connectivity index (χ4v) is 2.02. The average Bonchev–Trinajstić information content (AvgIpc) is 2.16. The molecule has 0 bridgehead atoms. The van der Waals surface area contributed by atoms with Crippen molar-refractivity contribution < 1.29 is 0 Å². The molecule has 1 aromatic rings. The van der Waals surface area contributed by atoms with Gasteiger partial charge in [0.1, 0.15) is 0 Å². The Labute approximate surface area is 90.7 Å². The molecule has 74 valence electrons. The van der Waals surface area contributed by atoms with Gasteiger partial charge in [0.25, 0.3) is 0 Å². The number of hydrogen-bond donors (Lipinski definition) is 0. The quantitative estimate of drug-likeness (QED) is 0.654. The van der Waals surface area contributed by atoms with Crippen LogP contribution in [-0.4, -0.2) is 6.26 Å². The minimum absolute atomic E-state index is 1.11. The number of thioether (sulfide) groups is 1. The smallest absolute Gasteiger partial charge is 0.0150 e. The van der Waals surface area contributed by atoms with Gasteiger partial charge in [0.15, 0.2) is 0 Å². The van der Waals surface area contributed by atoms with E-state index in [1.54, 1.807) is 11.8 Å². The maximum Gasteiger partial charge on any atom is 0.0150 e. The third kappa shape index (κ3) is 2.30. The molecule has 1 rings (SSSR count). The van der Waals surface area contributed by atoms with Crippen LogP contribution in [0.4, 0.5) is 0 Å². The Balaban J connectivity index is 3.25. The zero-order valence-electron chi connectivity index (χ0n) is 9.05. The van der Waals surface area contributed by atoms with Crippen LogP contribution in [0.1, 0.15) is 25.0 Å². The highest BCUT2D eigenvalue weighted by Crippen LogP contribution is 2.28. The summed E-state index contributed by atoms with van der Waals surface area (Å²) in [5.41, 5.74) is 4.66. The molecule has 0 saturated carbocycles. The molecule has 0 N–H and O–H groups in total. The molecule has 0 amide bonds. The van der Waals surface area contributed by atoms with E-state index in [4.69, 9.17) is 0 Å². The highest BCUT2D eigenvalue weighted by Gasteiger charge is 2.03. The third-order valence-electron chi connectivity index (χ3n) is 2.15. The SMILES string of the molecule is C=C(C)c1ccc(C(=C)C)c(SC)c1. The lowest BCUT2D eigenvalue weighted by Crippen LogP contribution is -1.86. The minimum Gasteiger partial charge on any atom is -0.129 e. The van der Waals surface area contributed by atoms with Gasteiger partial charge in [0.05, 0.1) is 0 Å². The summed E-state index contributed by atoms with van der Waals surface area (Å²) in [6.07, 6.45) is 2.09. The van der Waals surface area contributed by atoms with Gasteiger partial charge in [-0.1, -0.05) is 30.9 Å². The van der Waals surface area contributed by atoms with E-state index in [-0.39, 0.29) is 0 Å². The summed E-state index contributed by atoms with van der Waals surface area (Å²) in [4.78, 5) is 1.28. The van der Waals surface area contributed by atoms with E-state index in [9.17, 15) is 0 Å². The molecule has 0 radical (unpaired) electrons. The van der Waals surface area contributed by atoms with E-state index < -0.39 is 0 Å². The molecule has 0 spiro atoms. The fraction of sp³-hybridized carbons (Fsp3) is 0.231. The van der Waals surface area contributed by atoms with Gasteiger partial charge in [0.2, 0.25) is 0 Å². The molecule has 0 aliphatic rings. The van der Waals surface area contributed by atoms with Crippen molar-refractivity contribution in [3.05, 3.63) is 42.5 Å². The lowest BCUT2D eigenvalue weighted by Gasteiger charge is -2.09. The first-order chi connectivity index (χ1) is 6.56. The molecule has 0 nitrogen and oxygen atoms in total. The normalized spacial score (nSPS) is 9.93. The summed E-state index contributed by atoms with van der Waals surface area (Å²) in [6, 6.07) is 6.40.